The number of hydrogen-bond donors (Lipinski definition) is 0. The van der Waals surface area contributed by atoms with Crippen molar-refractivity contribution < 1.29 is 28.2 Å². The molecule has 0 saturated carbocycles. The lowest BCUT2D eigenvalue weighted by Gasteiger charge is -2.35. The summed E-state index contributed by atoms with van der Waals surface area (Å²) in [5, 5.41) is 0. The molecule has 1 aliphatic rings. The van der Waals surface area contributed by atoms with Crippen molar-refractivity contribution in [3.63, 3.8) is 0 Å². The summed E-state index contributed by atoms with van der Waals surface area (Å²) in [6.45, 7) is 9.51. The van der Waals surface area contributed by atoms with Crippen molar-refractivity contribution >= 4 is 20.3 Å². The summed E-state index contributed by atoms with van der Waals surface area (Å²) >= 11 is 0. The quantitative estimate of drug-likeness (QED) is 0.549. The third-order valence-corrected chi connectivity index (χ3v) is 3.97. The standard InChI is InChI=1S/C15H26O6Si/c1-7-19-15(17)14-12(18-3)8-11(21-22(4,5)6)9-13(14)20-10(2)16/h8,12-14H,7,9H2,1-6H3/t12-,13-,14-/m1/s1. The lowest BCUT2D eigenvalue weighted by atomic mass is 9.87. The van der Waals surface area contributed by atoms with Crippen LogP contribution in [0.15, 0.2) is 11.8 Å². The molecule has 1 aliphatic carbocycles. The van der Waals surface area contributed by atoms with Crippen LogP contribution in [0.5, 0.6) is 0 Å². The lowest BCUT2D eigenvalue weighted by Crippen LogP contribution is -2.45. The van der Waals surface area contributed by atoms with Crippen LogP contribution in [0.3, 0.4) is 0 Å². The summed E-state index contributed by atoms with van der Waals surface area (Å²) in [6, 6.07) is 0. The van der Waals surface area contributed by atoms with E-state index >= 15 is 0 Å². The Balaban J connectivity index is 3.06. The Morgan fingerprint density at radius 2 is 1.95 bits per heavy atom. The molecule has 0 spiro atoms. The van der Waals surface area contributed by atoms with Gasteiger partial charge in [-0.25, -0.2) is 0 Å². The molecule has 0 aromatic rings. The molecule has 0 unspecified atom stereocenters. The molecular weight excluding hydrogens is 304 g/mol. The van der Waals surface area contributed by atoms with E-state index in [0.29, 0.717) is 12.2 Å². The van der Waals surface area contributed by atoms with Gasteiger partial charge in [0.2, 0.25) is 8.32 Å². The molecular formula is C15H26O6Si. The zero-order valence-corrected chi connectivity index (χ0v) is 15.2. The number of ether oxygens (including phenoxy) is 3. The van der Waals surface area contributed by atoms with Crippen LogP contribution in [-0.2, 0) is 28.2 Å². The fourth-order valence-corrected chi connectivity index (χ4v) is 3.37. The molecule has 0 N–H and O–H groups in total. The number of carbonyl (C=O) groups is 2. The summed E-state index contributed by atoms with van der Waals surface area (Å²) in [7, 11) is -0.292. The van der Waals surface area contributed by atoms with Gasteiger partial charge in [-0.2, -0.15) is 0 Å². The summed E-state index contributed by atoms with van der Waals surface area (Å²) in [4.78, 5) is 23.6. The van der Waals surface area contributed by atoms with Gasteiger partial charge in [-0.05, 0) is 32.6 Å². The minimum Gasteiger partial charge on any atom is -0.547 e. The SMILES string of the molecule is CCOC(=O)[C@@H]1[C@H](OC)C=C(O[Si](C)(C)C)C[C@H]1OC(C)=O. The lowest BCUT2D eigenvalue weighted by molar-refractivity contribution is -0.167. The first-order valence-electron chi connectivity index (χ1n) is 7.44. The smallest absolute Gasteiger partial charge is 0.315 e. The summed E-state index contributed by atoms with van der Waals surface area (Å²) in [5.41, 5.74) is 0. The molecule has 1 rings (SSSR count). The molecule has 7 heteroatoms. The van der Waals surface area contributed by atoms with Crippen molar-refractivity contribution in [3.8, 4) is 0 Å². The van der Waals surface area contributed by atoms with Gasteiger partial charge in [0.15, 0.2) is 0 Å². The van der Waals surface area contributed by atoms with E-state index in [0.717, 1.165) is 0 Å². The molecule has 0 amide bonds. The Hall–Kier alpha value is -1.34. The van der Waals surface area contributed by atoms with Gasteiger partial charge in [-0.3, -0.25) is 9.59 Å². The van der Waals surface area contributed by atoms with Gasteiger partial charge in [0.25, 0.3) is 0 Å². The second kappa shape index (κ2) is 7.78. The van der Waals surface area contributed by atoms with Crippen molar-refractivity contribution in [2.75, 3.05) is 13.7 Å². The second-order valence-electron chi connectivity index (χ2n) is 6.18. The topological polar surface area (TPSA) is 71.1 Å². The van der Waals surface area contributed by atoms with E-state index in [9.17, 15) is 9.59 Å². The summed E-state index contributed by atoms with van der Waals surface area (Å²) in [6.07, 6.45) is 0.967. The van der Waals surface area contributed by atoms with Crippen LogP contribution in [0.2, 0.25) is 19.6 Å². The van der Waals surface area contributed by atoms with Gasteiger partial charge in [-0.15, -0.1) is 0 Å². The molecule has 3 atom stereocenters. The van der Waals surface area contributed by atoms with Crippen LogP contribution in [0.4, 0.5) is 0 Å². The minimum absolute atomic E-state index is 0.264. The molecule has 22 heavy (non-hydrogen) atoms. The van der Waals surface area contributed by atoms with E-state index < -0.39 is 38.4 Å². The van der Waals surface area contributed by atoms with E-state index in [1.807, 2.05) is 0 Å². The molecule has 0 heterocycles. The molecule has 0 aromatic carbocycles. The zero-order valence-electron chi connectivity index (χ0n) is 14.2. The average Bonchev–Trinajstić information content (AvgIpc) is 2.35. The number of esters is 2. The van der Waals surface area contributed by atoms with Crippen molar-refractivity contribution in [2.45, 2.75) is 52.1 Å². The Bertz CT molecular complexity index is 440. The molecule has 0 radical (unpaired) electrons. The molecule has 0 aliphatic heterocycles. The molecule has 0 bridgehead atoms. The Morgan fingerprint density at radius 3 is 2.41 bits per heavy atom. The highest BCUT2D eigenvalue weighted by molar-refractivity contribution is 6.70. The van der Waals surface area contributed by atoms with Crippen LogP contribution in [0.1, 0.15) is 20.3 Å². The molecule has 0 fully saturated rings. The van der Waals surface area contributed by atoms with Gasteiger partial charge >= 0.3 is 11.9 Å². The van der Waals surface area contributed by atoms with E-state index in [-0.39, 0.29) is 6.61 Å². The van der Waals surface area contributed by atoms with Gasteiger partial charge in [0, 0.05) is 20.5 Å². The average molecular weight is 330 g/mol. The number of rotatable bonds is 6. The third-order valence-electron chi connectivity index (χ3n) is 3.09. The first kappa shape index (κ1) is 18.7. The third kappa shape index (κ3) is 5.45. The van der Waals surface area contributed by atoms with Crippen LogP contribution in [-0.4, -0.2) is 46.2 Å². The van der Waals surface area contributed by atoms with E-state index in [1.54, 1.807) is 13.0 Å². The zero-order chi connectivity index (χ0) is 16.9. The fraction of sp³-hybridized carbons (Fsp3) is 0.733. The van der Waals surface area contributed by atoms with Gasteiger partial charge in [-0.1, -0.05) is 0 Å². The molecule has 0 saturated heterocycles. The summed E-state index contributed by atoms with van der Waals surface area (Å²) in [5.74, 6) is -0.840. The second-order valence-corrected chi connectivity index (χ2v) is 10.6. The van der Waals surface area contributed by atoms with Crippen molar-refractivity contribution in [2.24, 2.45) is 5.92 Å². The minimum atomic E-state index is -1.80. The molecule has 6 nitrogen and oxygen atoms in total. The van der Waals surface area contributed by atoms with Crippen LogP contribution < -0.4 is 0 Å². The predicted octanol–water partition coefficient (Wildman–Crippen LogP) is 2.25. The maximum Gasteiger partial charge on any atom is 0.315 e. The number of methoxy groups -OCH3 is 1. The van der Waals surface area contributed by atoms with Gasteiger partial charge < -0.3 is 18.6 Å². The van der Waals surface area contributed by atoms with E-state index in [2.05, 4.69) is 19.6 Å². The highest BCUT2D eigenvalue weighted by atomic mass is 28.4. The van der Waals surface area contributed by atoms with Crippen molar-refractivity contribution in [1.29, 1.82) is 0 Å². The Morgan fingerprint density at radius 1 is 1.32 bits per heavy atom. The van der Waals surface area contributed by atoms with Crippen molar-refractivity contribution in [1.82, 2.24) is 0 Å². The Labute approximate surface area is 132 Å². The monoisotopic (exact) mass is 330 g/mol. The number of carbonyl (C=O) groups excluding carboxylic acids is 2. The van der Waals surface area contributed by atoms with Crippen LogP contribution in [0, 0.1) is 5.92 Å². The van der Waals surface area contributed by atoms with Gasteiger partial charge in [0.1, 0.15) is 12.0 Å². The fourth-order valence-electron chi connectivity index (χ4n) is 2.43. The first-order valence-corrected chi connectivity index (χ1v) is 10.8. The van der Waals surface area contributed by atoms with E-state index in [1.165, 1.54) is 14.0 Å². The molecule has 0 aromatic heterocycles. The highest BCUT2D eigenvalue weighted by Gasteiger charge is 2.43. The number of hydrogen-bond acceptors (Lipinski definition) is 6. The van der Waals surface area contributed by atoms with E-state index in [4.69, 9.17) is 18.6 Å². The molecule has 126 valence electrons. The largest absolute Gasteiger partial charge is 0.547 e. The maximum atomic E-state index is 12.2. The van der Waals surface area contributed by atoms with Crippen LogP contribution >= 0.6 is 0 Å². The first-order chi connectivity index (χ1) is 10.2. The highest BCUT2D eigenvalue weighted by Crippen LogP contribution is 2.32. The normalized spacial score (nSPS) is 25.2. The van der Waals surface area contributed by atoms with Crippen LogP contribution in [0.25, 0.3) is 0 Å². The predicted molar refractivity (Wildman–Crippen MR) is 83.6 cm³/mol. The Kier molecular flexibility index (Phi) is 6.61. The van der Waals surface area contributed by atoms with Crippen molar-refractivity contribution in [3.05, 3.63) is 11.8 Å². The summed E-state index contributed by atoms with van der Waals surface area (Å²) < 4.78 is 21.8. The maximum absolute atomic E-state index is 12.2. The van der Waals surface area contributed by atoms with Gasteiger partial charge in [0.05, 0.1) is 18.5 Å².